The second-order valence-electron chi connectivity index (χ2n) is 5.94. The quantitative estimate of drug-likeness (QED) is 0.512. The van der Waals surface area contributed by atoms with Crippen molar-refractivity contribution in [2.45, 2.75) is 45.7 Å². The number of hydrogen-bond donors (Lipinski definition) is 1. The molecule has 1 heterocycles. The summed E-state index contributed by atoms with van der Waals surface area (Å²) >= 11 is 1.52. The van der Waals surface area contributed by atoms with E-state index in [2.05, 4.69) is 15.3 Å². The molecule has 7 heteroatoms. The number of amides is 1. The van der Waals surface area contributed by atoms with Gasteiger partial charge in [-0.25, -0.2) is 9.97 Å². The number of ether oxygens (including phenoxy) is 2. The highest BCUT2D eigenvalue weighted by atomic mass is 32.2. The number of benzene rings is 1. The fourth-order valence-electron chi connectivity index (χ4n) is 2.75. The summed E-state index contributed by atoms with van der Waals surface area (Å²) in [7, 11) is 0. The number of carbonyl (C=O) groups excluding carboxylic acids is 1. The Balaban J connectivity index is 2.03. The summed E-state index contributed by atoms with van der Waals surface area (Å²) in [6.07, 6.45) is 2.92. The number of rotatable bonds is 9. The van der Waals surface area contributed by atoms with E-state index in [1.165, 1.54) is 11.8 Å². The van der Waals surface area contributed by atoms with Crippen molar-refractivity contribution in [1.82, 2.24) is 9.97 Å². The van der Waals surface area contributed by atoms with Crippen molar-refractivity contribution in [3.05, 3.63) is 35.2 Å². The molecule has 0 saturated heterocycles. The molecule has 0 bridgehead atoms. The standard InChI is InChI=1S/C20H27N3O3S/c1-6-25-17-10-8-15(12-18(17)26-7-2)23-19(24)11-9-16-13(3)21-20(27-5)22-14(16)4/h8,10,12H,6-7,9,11H2,1-5H3,(H,23,24). The zero-order chi connectivity index (χ0) is 19.8. The Morgan fingerprint density at radius 2 is 1.70 bits per heavy atom. The van der Waals surface area contributed by atoms with Gasteiger partial charge in [-0.15, -0.1) is 0 Å². The Bertz CT molecular complexity index is 773. The summed E-state index contributed by atoms with van der Waals surface area (Å²) in [6, 6.07) is 5.42. The molecule has 27 heavy (non-hydrogen) atoms. The van der Waals surface area contributed by atoms with Gasteiger partial charge >= 0.3 is 0 Å². The fraction of sp³-hybridized carbons (Fsp3) is 0.450. The third-order valence-electron chi connectivity index (χ3n) is 4.01. The summed E-state index contributed by atoms with van der Waals surface area (Å²) in [5.41, 5.74) is 3.58. The van der Waals surface area contributed by atoms with Gasteiger partial charge in [-0.05, 0) is 58.1 Å². The lowest BCUT2D eigenvalue weighted by atomic mass is 10.1. The molecule has 2 rings (SSSR count). The Labute approximate surface area is 165 Å². The first-order chi connectivity index (χ1) is 13.0. The van der Waals surface area contributed by atoms with Crippen molar-refractivity contribution in [2.24, 2.45) is 0 Å². The van der Waals surface area contributed by atoms with Gasteiger partial charge in [-0.1, -0.05) is 11.8 Å². The summed E-state index contributed by atoms with van der Waals surface area (Å²) in [5, 5.41) is 3.68. The van der Waals surface area contributed by atoms with Crippen LogP contribution in [0.2, 0.25) is 0 Å². The van der Waals surface area contributed by atoms with Crippen LogP contribution >= 0.6 is 11.8 Å². The molecule has 0 unspecified atom stereocenters. The van der Waals surface area contributed by atoms with E-state index >= 15 is 0 Å². The van der Waals surface area contributed by atoms with Crippen molar-refractivity contribution < 1.29 is 14.3 Å². The molecule has 1 N–H and O–H groups in total. The van der Waals surface area contributed by atoms with Gasteiger partial charge in [-0.3, -0.25) is 4.79 Å². The number of anilines is 1. The van der Waals surface area contributed by atoms with Gasteiger partial charge in [0, 0.05) is 29.6 Å². The number of nitrogens with zero attached hydrogens (tertiary/aromatic N) is 2. The minimum Gasteiger partial charge on any atom is -0.490 e. The highest BCUT2D eigenvalue weighted by Gasteiger charge is 2.12. The highest BCUT2D eigenvalue weighted by Crippen LogP contribution is 2.30. The molecule has 0 atom stereocenters. The summed E-state index contributed by atoms with van der Waals surface area (Å²) in [5.74, 6) is 1.24. The average molecular weight is 390 g/mol. The van der Waals surface area contributed by atoms with E-state index in [1.54, 1.807) is 6.07 Å². The predicted octanol–water partition coefficient (Wildman–Crippen LogP) is 4.18. The van der Waals surface area contributed by atoms with E-state index in [9.17, 15) is 4.79 Å². The van der Waals surface area contributed by atoms with Gasteiger partial charge in [0.25, 0.3) is 0 Å². The highest BCUT2D eigenvalue weighted by molar-refractivity contribution is 7.98. The molecular formula is C20H27N3O3S. The molecule has 0 fully saturated rings. The zero-order valence-corrected chi connectivity index (χ0v) is 17.4. The zero-order valence-electron chi connectivity index (χ0n) is 16.6. The van der Waals surface area contributed by atoms with Crippen LogP contribution in [-0.4, -0.2) is 35.3 Å². The van der Waals surface area contributed by atoms with Gasteiger partial charge in [0.15, 0.2) is 16.7 Å². The molecule has 146 valence electrons. The number of nitrogens with one attached hydrogen (secondary N) is 1. The van der Waals surface area contributed by atoms with Crippen LogP contribution in [0.5, 0.6) is 11.5 Å². The van der Waals surface area contributed by atoms with Crippen LogP contribution in [0.4, 0.5) is 5.69 Å². The minimum absolute atomic E-state index is 0.0608. The predicted molar refractivity (Wildman–Crippen MR) is 109 cm³/mol. The lowest BCUT2D eigenvalue weighted by Gasteiger charge is -2.13. The smallest absolute Gasteiger partial charge is 0.224 e. The van der Waals surface area contributed by atoms with Crippen molar-refractivity contribution in [3.8, 4) is 11.5 Å². The molecule has 0 aliphatic heterocycles. The maximum Gasteiger partial charge on any atom is 0.224 e. The first kappa shape index (κ1) is 21.0. The number of thioether (sulfide) groups is 1. The van der Waals surface area contributed by atoms with Crippen LogP contribution in [0, 0.1) is 13.8 Å². The Hall–Kier alpha value is -2.28. The first-order valence-corrected chi connectivity index (χ1v) is 10.3. The second-order valence-corrected chi connectivity index (χ2v) is 6.71. The maximum atomic E-state index is 12.4. The van der Waals surface area contributed by atoms with Crippen molar-refractivity contribution in [2.75, 3.05) is 24.8 Å². The molecule has 0 aliphatic carbocycles. The van der Waals surface area contributed by atoms with Crippen LogP contribution in [0.1, 0.15) is 37.2 Å². The van der Waals surface area contributed by atoms with E-state index in [0.29, 0.717) is 43.2 Å². The van der Waals surface area contributed by atoms with E-state index in [1.807, 2.05) is 46.1 Å². The second kappa shape index (κ2) is 10.2. The van der Waals surface area contributed by atoms with Crippen LogP contribution < -0.4 is 14.8 Å². The topological polar surface area (TPSA) is 73.3 Å². The maximum absolute atomic E-state index is 12.4. The third-order valence-corrected chi connectivity index (χ3v) is 4.56. The molecule has 0 aliphatic rings. The lowest BCUT2D eigenvalue weighted by molar-refractivity contribution is -0.116. The summed E-state index contributed by atoms with van der Waals surface area (Å²) < 4.78 is 11.1. The monoisotopic (exact) mass is 389 g/mol. The third kappa shape index (κ3) is 5.85. The van der Waals surface area contributed by atoms with Crippen LogP contribution in [0.25, 0.3) is 0 Å². The molecule has 0 spiro atoms. The molecule has 1 aromatic heterocycles. The molecular weight excluding hydrogens is 362 g/mol. The number of aryl methyl sites for hydroxylation is 2. The van der Waals surface area contributed by atoms with E-state index in [-0.39, 0.29) is 5.91 Å². The number of aromatic nitrogens is 2. The first-order valence-electron chi connectivity index (χ1n) is 9.06. The molecule has 2 aromatic rings. The number of hydrogen-bond acceptors (Lipinski definition) is 6. The van der Waals surface area contributed by atoms with Gasteiger partial charge in [0.1, 0.15) is 0 Å². The fourth-order valence-corrected chi connectivity index (χ4v) is 3.21. The van der Waals surface area contributed by atoms with Crippen LogP contribution in [0.3, 0.4) is 0 Å². The SMILES string of the molecule is CCOc1ccc(NC(=O)CCc2c(C)nc(SC)nc2C)cc1OCC. The Kier molecular flexibility index (Phi) is 7.91. The largest absolute Gasteiger partial charge is 0.490 e. The molecule has 0 radical (unpaired) electrons. The molecule has 1 aromatic carbocycles. The molecule has 0 saturated carbocycles. The van der Waals surface area contributed by atoms with Crippen LogP contribution in [0.15, 0.2) is 23.4 Å². The van der Waals surface area contributed by atoms with Crippen molar-refractivity contribution in [3.63, 3.8) is 0 Å². The van der Waals surface area contributed by atoms with Gasteiger partial charge in [-0.2, -0.15) is 0 Å². The van der Waals surface area contributed by atoms with E-state index in [4.69, 9.17) is 9.47 Å². The number of carbonyl (C=O) groups is 1. The van der Waals surface area contributed by atoms with Gasteiger partial charge in [0.2, 0.25) is 5.91 Å². The van der Waals surface area contributed by atoms with Gasteiger partial charge in [0.05, 0.1) is 13.2 Å². The van der Waals surface area contributed by atoms with E-state index < -0.39 is 0 Å². The van der Waals surface area contributed by atoms with Crippen LogP contribution in [-0.2, 0) is 11.2 Å². The molecule has 6 nitrogen and oxygen atoms in total. The summed E-state index contributed by atoms with van der Waals surface area (Å²) in [6.45, 7) is 8.84. The van der Waals surface area contributed by atoms with Crippen molar-refractivity contribution >= 4 is 23.4 Å². The Morgan fingerprint density at radius 3 is 2.30 bits per heavy atom. The van der Waals surface area contributed by atoms with E-state index in [0.717, 1.165) is 22.1 Å². The summed E-state index contributed by atoms with van der Waals surface area (Å²) in [4.78, 5) is 21.3. The average Bonchev–Trinajstić information content (AvgIpc) is 2.63. The van der Waals surface area contributed by atoms with Crippen molar-refractivity contribution in [1.29, 1.82) is 0 Å². The minimum atomic E-state index is -0.0608. The van der Waals surface area contributed by atoms with Gasteiger partial charge < -0.3 is 14.8 Å². The Morgan fingerprint density at radius 1 is 1.07 bits per heavy atom. The lowest BCUT2D eigenvalue weighted by Crippen LogP contribution is -2.14. The molecule has 1 amide bonds. The normalized spacial score (nSPS) is 10.6.